The van der Waals surface area contributed by atoms with E-state index in [9.17, 15) is 14.4 Å². The molecule has 1 aromatic heterocycles. The Bertz CT molecular complexity index is 1080. The summed E-state index contributed by atoms with van der Waals surface area (Å²) in [5, 5.41) is 5.02. The molecule has 0 radical (unpaired) electrons. The number of carbonyl (C=O) groups excluding carboxylic acids is 2. The van der Waals surface area contributed by atoms with Crippen LogP contribution in [-0.4, -0.2) is 27.6 Å². The number of esters is 1. The number of nitrogens with zero attached hydrogens (tertiary/aromatic N) is 2. The number of ketones is 1. The Morgan fingerprint density at radius 1 is 1.07 bits per heavy atom. The molecule has 0 aliphatic carbocycles. The molecule has 6 nitrogen and oxygen atoms in total. The zero-order valence-electron chi connectivity index (χ0n) is 16.1. The van der Waals surface area contributed by atoms with Crippen molar-refractivity contribution in [2.24, 2.45) is 0 Å². The van der Waals surface area contributed by atoms with Crippen LogP contribution in [0.2, 0.25) is 0 Å². The Balaban J connectivity index is 1.92. The Morgan fingerprint density at radius 3 is 2.36 bits per heavy atom. The summed E-state index contributed by atoms with van der Waals surface area (Å²) >= 11 is 0. The number of benzene rings is 2. The third-order valence-electron chi connectivity index (χ3n) is 4.49. The van der Waals surface area contributed by atoms with Crippen LogP contribution in [0.5, 0.6) is 0 Å². The highest BCUT2D eigenvalue weighted by Crippen LogP contribution is 2.16. The third-order valence-corrected chi connectivity index (χ3v) is 4.49. The lowest BCUT2D eigenvalue weighted by Crippen LogP contribution is -2.29. The molecule has 0 spiro atoms. The van der Waals surface area contributed by atoms with Gasteiger partial charge in [-0.1, -0.05) is 55.0 Å². The zero-order valence-corrected chi connectivity index (χ0v) is 16.1. The number of aryl methyl sites for hydroxylation is 2. The molecule has 2 aromatic carbocycles. The summed E-state index contributed by atoms with van der Waals surface area (Å²) < 4.78 is 6.67. The Kier molecular flexibility index (Phi) is 5.68. The second-order valence-corrected chi connectivity index (χ2v) is 6.70. The van der Waals surface area contributed by atoms with Crippen molar-refractivity contribution in [2.75, 3.05) is 0 Å². The van der Waals surface area contributed by atoms with E-state index in [0.29, 0.717) is 29.3 Å². The van der Waals surface area contributed by atoms with Crippen molar-refractivity contribution in [3.63, 3.8) is 0 Å². The fourth-order valence-corrected chi connectivity index (χ4v) is 2.97. The van der Waals surface area contributed by atoms with Crippen molar-refractivity contribution in [3.8, 4) is 0 Å². The molecule has 6 heteroatoms. The average molecular weight is 378 g/mol. The molecule has 0 N–H and O–H groups in total. The summed E-state index contributed by atoms with van der Waals surface area (Å²) in [4.78, 5) is 37.9. The van der Waals surface area contributed by atoms with Gasteiger partial charge in [-0.25, -0.2) is 9.48 Å². The fraction of sp³-hybridized carbons (Fsp3) is 0.273. The smallest absolute Gasteiger partial charge is 0.360 e. The molecule has 1 unspecified atom stereocenters. The number of carbonyl (C=O) groups is 2. The topological polar surface area (TPSA) is 78.3 Å². The normalized spacial score (nSPS) is 12.0. The lowest BCUT2D eigenvalue weighted by molar-refractivity contribution is 0.0313. The van der Waals surface area contributed by atoms with Gasteiger partial charge in [0.05, 0.1) is 5.39 Å². The van der Waals surface area contributed by atoms with Crippen LogP contribution < -0.4 is 5.56 Å². The highest BCUT2D eigenvalue weighted by atomic mass is 16.5. The number of hydrogen-bond donors (Lipinski definition) is 0. The van der Waals surface area contributed by atoms with Gasteiger partial charge >= 0.3 is 5.97 Å². The van der Waals surface area contributed by atoms with Crippen molar-refractivity contribution < 1.29 is 14.3 Å². The minimum atomic E-state index is -0.970. The molecular formula is C22H22N2O4. The first-order valence-electron chi connectivity index (χ1n) is 9.24. The van der Waals surface area contributed by atoms with Gasteiger partial charge in [0.25, 0.3) is 5.56 Å². The van der Waals surface area contributed by atoms with Gasteiger partial charge < -0.3 is 4.74 Å². The summed E-state index contributed by atoms with van der Waals surface area (Å²) in [5.74, 6) is -1.02. The monoisotopic (exact) mass is 378 g/mol. The summed E-state index contributed by atoms with van der Waals surface area (Å²) in [6, 6.07) is 13.8. The van der Waals surface area contributed by atoms with Crippen molar-refractivity contribution in [3.05, 3.63) is 75.7 Å². The molecule has 0 aliphatic heterocycles. The number of hydrogen-bond acceptors (Lipinski definition) is 5. The van der Waals surface area contributed by atoms with E-state index in [1.165, 1.54) is 11.6 Å². The van der Waals surface area contributed by atoms with E-state index in [2.05, 4.69) is 5.10 Å². The van der Waals surface area contributed by atoms with Gasteiger partial charge in [-0.15, -0.1) is 0 Å². The summed E-state index contributed by atoms with van der Waals surface area (Å²) in [7, 11) is 0. The van der Waals surface area contributed by atoms with E-state index in [4.69, 9.17) is 4.74 Å². The molecule has 28 heavy (non-hydrogen) atoms. The zero-order chi connectivity index (χ0) is 20.3. The van der Waals surface area contributed by atoms with Gasteiger partial charge in [-0.3, -0.25) is 9.59 Å². The van der Waals surface area contributed by atoms with Crippen molar-refractivity contribution in [1.82, 2.24) is 9.78 Å². The van der Waals surface area contributed by atoms with Crippen molar-refractivity contribution in [1.29, 1.82) is 0 Å². The molecule has 0 amide bonds. The van der Waals surface area contributed by atoms with Crippen LogP contribution >= 0.6 is 0 Å². The van der Waals surface area contributed by atoms with Crippen LogP contribution in [0.3, 0.4) is 0 Å². The lowest BCUT2D eigenvalue weighted by atomic mass is 10.1. The highest BCUT2D eigenvalue weighted by Gasteiger charge is 2.24. The second kappa shape index (κ2) is 8.17. The van der Waals surface area contributed by atoms with Gasteiger partial charge in [0, 0.05) is 17.5 Å². The molecule has 0 fully saturated rings. The van der Waals surface area contributed by atoms with Gasteiger partial charge in [-0.05, 0) is 26.3 Å². The molecule has 1 atom stereocenters. The lowest BCUT2D eigenvalue weighted by Gasteiger charge is -2.14. The van der Waals surface area contributed by atoms with E-state index in [1.807, 2.05) is 26.0 Å². The van der Waals surface area contributed by atoms with Crippen molar-refractivity contribution >= 4 is 22.5 Å². The van der Waals surface area contributed by atoms with Crippen LogP contribution in [0.1, 0.15) is 46.7 Å². The van der Waals surface area contributed by atoms with Crippen LogP contribution in [0, 0.1) is 6.92 Å². The minimum Gasteiger partial charge on any atom is -0.449 e. The molecule has 0 saturated carbocycles. The van der Waals surface area contributed by atoms with Crippen LogP contribution in [-0.2, 0) is 11.3 Å². The second-order valence-electron chi connectivity index (χ2n) is 6.70. The largest absolute Gasteiger partial charge is 0.449 e. The number of rotatable bonds is 6. The Labute approximate surface area is 162 Å². The Morgan fingerprint density at radius 2 is 1.71 bits per heavy atom. The summed E-state index contributed by atoms with van der Waals surface area (Å²) in [5.41, 5.74) is 1.29. The van der Waals surface area contributed by atoms with Crippen LogP contribution in [0.4, 0.5) is 0 Å². The first-order valence-corrected chi connectivity index (χ1v) is 9.24. The standard InChI is InChI=1S/C22H22N2O4/c1-4-13-24-21(26)18-8-6-5-7-17(18)19(23-24)22(27)28-15(3)20(25)16-11-9-14(2)10-12-16/h5-12,15H,4,13H2,1-3H3. The SMILES string of the molecule is CCCn1nc(C(=O)OC(C)C(=O)c2ccc(C)cc2)c2ccccc2c1=O. The van der Waals surface area contributed by atoms with E-state index >= 15 is 0 Å². The number of aromatic nitrogens is 2. The van der Waals surface area contributed by atoms with Crippen molar-refractivity contribution in [2.45, 2.75) is 39.8 Å². The number of ether oxygens (including phenoxy) is 1. The molecular weight excluding hydrogens is 356 g/mol. The Hall–Kier alpha value is -3.28. The molecule has 1 heterocycles. The average Bonchev–Trinajstić information content (AvgIpc) is 2.70. The van der Waals surface area contributed by atoms with Crippen LogP contribution in [0.15, 0.2) is 53.3 Å². The molecule has 3 aromatic rings. The number of fused-ring (bicyclic) bond motifs is 1. The highest BCUT2D eigenvalue weighted by molar-refractivity contribution is 6.05. The predicted molar refractivity (Wildman–Crippen MR) is 107 cm³/mol. The molecule has 144 valence electrons. The van der Waals surface area contributed by atoms with E-state index in [1.54, 1.807) is 36.4 Å². The van der Waals surface area contributed by atoms with E-state index in [-0.39, 0.29) is 17.0 Å². The van der Waals surface area contributed by atoms with Gasteiger partial charge in [-0.2, -0.15) is 5.10 Å². The maximum absolute atomic E-state index is 12.8. The first-order chi connectivity index (χ1) is 13.4. The van der Waals surface area contributed by atoms with Crippen LogP contribution in [0.25, 0.3) is 10.8 Å². The van der Waals surface area contributed by atoms with Gasteiger partial charge in [0.15, 0.2) is 11.8 Å². The number of Topliss-reactive ketones (excluding diaryl/α,β-unsaturated/α-hetero) is 1. The summed E-state index contributed by atoms with van der Waals surface area (Å²) in [6.07, 6.45) is -0.274. The van der Waals surface area contributed by atoms with Gasteiger partial charge in [0.2, 0.25) is 5.78 Å². The summed E-state index contributed by atoms with van der Waals surface area (Å²) in [6.45, 7) is 5.77. The van der Waals surface area contributed by atoms with Gasteiger partial charge in [0.1, 0.15) is 0 Å². The molecule has 0 aliphatic rings. The maximum atomic E-state index is 12.8. The quantitative estimate of drug-likeness (QED) is 0.484. The minimum absolute atomic E-state index is 0.0345. The third kappa shape index (κ3) is 3.86. The molecule has 0 saturated heterocycles. The maximum Gasteiger partial charge on any atom is 0.360 e. The fourth-order valence-electron chi connectivity index (χ4n) is 2.97. The predicted octanol–water partition coefficient (Wildman–Crippen LogP) is 3.54. The first kappa shape index (κ1) is 19.5. The van der Waals surface area contributed by atoms with E-state index in [0.717, 1.165) is 5.56 Å². The van der Waals surface area contributed by atoms with E-state index < -0.39 is 12.1 Å². The molecule has 3 rings (SSSR count). The molecule has 0 bridgehead atoms.